The number of fused-ring (bicyclic) bond motifs is 1. The molecule has 7 heteroatoms. The molecule has 0 spiro atoms. The first kappa shape index (κ1) is 18.1. The van der Waals surface area contributed by atoms with Crippen molar-refractivity contribution in [3.63, 3.8) is 0 Å². The molecule has 0 saturated carbocycles. The first-order chi connectivity index (χ1) is 13.0. The van der Waals surface area contributed by atoms with Crippen LogP contribution in [0.2, 0.25) is 0 Å². The fourth-order valence-corrected chi connectivity index (χ4v) is 4.53. The molecule has 3 heterocycles. The van der Waals surface area contributed by atoms with Gasteiger partial charge in [-0.3, -0.25) is 9.48 Å². The number of carbonyl (C=O) groups excluding carboxylic acids is 1. The Morgan fingerprint density at radius 1 is 1.44 bits per heavy atom. The van der Waals surface area contributed by atoms with Crippen molar-refractivity contribution < 1.29 is 13.9 Å². The predicted octanol–water partition coefficient (Wildman–Crippen LogP) is 3.89. The van der Waals surface area contributed by atoms with Gasteiger partial charge in [-0.05, 0) is 50.5 Å². The molecule has 1 amide bonds. The fraction of sp³-hybridized carbons (Fsp3) is 0.400. The second kappa shape index (κ2) is 7.40. The van der Waals surface area contributed by atoms with Crippen LogP contribution >= 0.6 is 11.3 Å². The van der Waals surface area contributed by atoms with E-state index in [1.165, 1.54) is 23.5 Å². The van der Waals surface area contributed by atoms with Crippen molar-refractivity contribution in [3.05, 3.63) is 52.3 Å². The molecule has 2 unspecified atom stereocenters. The molecule has 1 aromatic carbocycles. The number of thiophene rings is 1. The summed E-state index contributed by atoms with van der Waals surface area (Å²) in [5.41, 5.74) is 1.85. The minimum atomic E-state index is -0.254. The molecule has 2 aromatic heterocycles. The van der Waals surface area contributed by atoms with Crippen LogP contribution in [-0.4, -0.2) is 34.4 Å². The van der Waals surface area contributed by atoms with Gasteiger partial charge in [-0.15, -0.1) is 11.3 Å². The van der Waals surface area contributed by atoms with Crippen LogP contribution in [0, 0.1) is 12.7 Å². The Kier molecular flexibility index (Phi) is 4.97. The van der Waals surface area contributed by atoms with Crippen LogP contribution in [0.3, 0.4) is 0 Å². The highest BCUT2D eigenvalue weighted by molar-refractivity contribution is 7.20. The van der Waals surface area contributed by atoms with Crippen LogP contribution in [0.5, 0.6) is 0 Å². The lowest BCUT2D eigenvalue weighted by atomic mass is 10.1. The van der Waals surface area contributed by atoms with Crippen LogP contribution in [0.4, 0.5) is 4.39 Å². The fourth-order valence-electron chi connectivity index (χ4n) is 3.46. The number of carbonyl (C=O) groups is 1. The Hall–Kier alpha value is -2.25. The first-order valence-corrected chi connectivity index (χ1v) is 9.97. The van der Waals surface area contributed by atoms with Gasteiger partial charge < -0.3 is 10.1 Å². The second-order valence-corrected chi connectivity index (χ2v) is 8.04. The maximum atomic E-state index is 13.1. The van der Waals surface area contributed by atoms with Gasteiger partial charge in [0, 0.05) is 12.0 Å². The lowest BCUT2D eigenvalue weighted by Crippen LogP contribution is -2.40. The number of nitrogens with one attached hydrogen (secondary N) is 1. The number of hydrogen-bond donors (Lipinski definition) is 1. The van der Waals surface area contributed by atoms with Gasteiger partial charge in [0.05, 0.1) is 29.3 Å². The molecule has 3 aromatic rings. The molecule has 5 nitrogen and oxygen atoms in total. The minimum Gasteiger partial charge on any atom is -0.376 e. The van der Waals surface area contributed by atoms with Crippen LogP contribution < -0.4 is 5.32 Å². The third kappa shape index (κ3) is 3.75. The topological polar surface area (TPSA) is 56.2 Å². The monoisotopic (exact) mass is 387 g/mol. The molecule has 2 atom stereocenters. The molecule has 1 aliphatic rings. The molecule has 0 radical (unpaired) electrons. The van der Waals surface area contributed by atoms with Gasteiger partial charge in [0.2, 0.25) is 0 Å². The zero-order valence-corrected chi connectivity index (χ0v) is 16.2. The third-order valence-corrected chi connectivity index (χ3v) is 6.11. The summed E-state index contributed by atoms with van der Waals surface area (Å²) < 4.78 is 20.7. The molecule has 0 bridgehead atoms. The van der Waals surface area contributed by atoms with Crippen molar-refractivity contribution in [1.82, 2.24) is 15.1 Å². The summed E-state index contributed by atoms with van der Waals surface area (Å²) in [6, 6.07) is 8.29. The Morgan fingerprint density at radius 2 is 2.22 bits per heavy atom. The van der Waals surface area contributed by atoms with E-state index in [9.17, 15) is 9.18 Å². The summed E-state index contributed by atoms with van der Waals surface area (Å²) in [6.45, 7) is 5.24. The zero-order valence-electron chi connectivity index (χ0n) is 15.4. The van der Waals surface area contributed by atoms with Crippen molar-refractivity contribution in [3.8, 4) is 0 Å². The van der Waals surface area contributed by atoms with Crippen LogP contribution in [0.25, 0.3) is 10.2 Å². The molecular formula is C20H22FN3O2S. The quantitative estimate of drug-likeness (QED) is 0.723. The molecule has 0 aliphatic carbocycles. The van der Waals surface area contributed by atoms with Gasteiger partial charge in [0.1, 0.15) is 10.6 Å². The molecule has 1 saturated heterocycles. The van der Waals surface area contributed by atoms with Crippen molar-refractivity contribution >= 4 is 27.5 Å². The van der Waals surface area contributed by atoms with E-state index < -0.39 is 0 Å². The third-order valence-electron chi connectivity index (χ3n) is 4.96. The average Bonchev–Trinajstić information content (AvgIpc) is 3.37. The number of aromatic nitrogens is 2. The number of rotatable bonds is 5. The van der Waals surface area contributed by atoms with E-state index in [4.69, 9.17) is 4.74 Å². The Labute approximate surface area is 161 Å². The van der Waals surface area contributed by atoms with Crippen molar-refractivity contribution in [1.29, 1.82) is 0 Å². The lowest BCUT2D eigenvalue weighted by molar-refractivity contribution is 0.0714. The van der Waals surface area contributed by atoms with Gasteiger partial charge in [-0.25, -0.2) is 4.39 Å². The first-order valence-electron chi connectivity index (χ1n) is 9.15. The standard InChI is InChI=1S/C20H22FN3O2S/c1-12-16-10-18(19(25)22-13(2)17-4-3-9-26-17)27-20(16)24(23-12)11-14-5-7-15(21)8-6-14/h5-8,10,13,17H,3-4,9,11H2,1-2H3,(H,22,25). The molecule has 142 valence electrons. The number of amides is 1. The largest absolute Gasteiger partial charge is 0.376 e. The van der Waals surface area contributed by atoms with E-state index in [-0.39, 0.29) is 23.9 Å². The molecule has 4 rings (SSSR count). The summed E-state index contributed by atoms with van der Waals surface area (Å²) in [6.07, 6.45) is 2.13. The Morgan fingerprint density at radius 3 is 2.93 bits per heavy atom. The van der Waals surface area contributed by atoms with Gasteiger partial charge in [-0.1, -0.05) is 12.1 Å². The van der Waals surface area contributed by atoms with Crippen molar-refractivity contribution in [2.75, 3.05) is 6.61 Å². The minimum absolute atomic E-state index is 0.0120. The SMILES string of the molecule is Cc1nn(Cc2ccc(F)cc2)c2sc(C(=O)NC(C)C3CCCO3)cc12. The molecular weight excluding hydrogens is 365 g/mol. The van der Waals surface area contributed by atoms with Gasteiger partial charge >= 0.3 is 0 Å². The highest BCUT2D eigenvalue weighted by Crippen LogP contribution is 2.29. The van der Waals surface area contributed by atoms with E-state index in [1.807, 2.05) is 24.6 Å². The molecule has 27 heavy (non-hydrogen) atoms. The van der Waals surface area contributed by atoms with Gasteiger partial charge in [-0.2, -0.15) is 5.10 Å². The highest BCUT2D eigenvalue weighted by atomic mass is 32.1. The van der Waals surface area contributed by atoms with E-state index >= 15 is 0 Å². The maximum Gasteiger partial charge on any atom is 0.261 e. The average molecular weight is 387 g/mol. The number of aryl methyl sites for hydroxylation is 1. The van der Waals surface area contributed by atoms with Gasteiger partial charge in [0.15, 0.2) is 0 Å². The van der Waals surface area contributed by atoms with Crippen molar-refractivity contribution in [2.45, 2.75) is 45.4 Å². The highest BCUT2D eigenvalue weighted by Gasteiger charge is 2.25. The van der Waals surface area contributed by atoms with E-state index in [0.717, 1.165) is 40.9 Å². The Bertz CT molecular complexity index is 958. The van der Waals surface area contributed by atoms with E-state index in [1.54, 1.807) is 12.1 Å². The lowest BCUT2D eigenvalue weighted by Gasteiger charge is -2.19. The Balaban J connectivity index is 1.54. The van der Waals surface area contributed by atoms with Crippen LogP contribution in [-0.2, 0) is 11.3 Å². The second-order valence-electron chi connectivity index (χ2n) is 7.01. The van der Waals surface area contributed by atoms with E-state index in [0.29, 0.717) is 11.4 Å². The smallest absolute Gasteiger partial charge is 0.261 e. The molecule has 1 aliphatic heterocycles. The predicted molar refractivity (Wildman–Crippen MR) is 104 cm³/mol. The summed E-state index contributed by atoms with van der Waals surface area (Å²) in [5.74, 6) is -0.331. The summed E-state index contributed by atoms with van der Waals surface area (Å²) in [5, 5.41) is 8.62. The van der Waals surface area contributed by atoms with E-state index in [2.05, 4.69) is 10.4 Å². The van der Waals surface area contributed by atoms with Gasteiger partial charge in [0.25, 0.3) is 5.91 Å². The maximum absolute atomic E-state index is 13.1. The van der Waals surface area contributed by atoms with Crippen LogP contribution in [0.1, 0.15) is 40.7 Å². The zero-order chi connectivity index (χ0) is 19.0. The molecule has 1 N–H and O–H groups in total. The molecule has 1 fully saturated rings. The van der Waals surface area contributed by atoms with Crippen LogP contribution in [0.15, 0.2) is 30.3 Å². The normalized spacial score (nSPS) is 18.1. The number of ether oxygens (including phenoxy) is 1. The van der Waals surface area contributed by atoms with Crippen molar-refractivity contribution in [2.24, 2.45) is 0 Å². The number of benzene rings is 1. The summed E-state index contributed by atoms with van der Waals surface area (Å²) in [4.78, 5) is 14.3. The summed E-state index contributed by atoms with van der Waals surface area (Å²) >= 11 is 1.43. The number of halogens is 1. The number of nitrogens with zero attached hydrogens (tertiary/aromatic N) is 2. The number of hydrogen-bond acceptors (Lipinski definition) is 4. The summed E-state index contributed by atoms with van der Waals surface area (Å²) in [7, 11) is 0.